The molecule has 0 heterocycles. The molecule has 2 aromatic rings. The molecule has 0 aliphatic heterocycles. The Balaban J connectivity index is 2.34. The van der Waals surface area contributed by atoms with Crippen LogP contribution in [0, 0.1) is 0 Å². The molecule has 0 aliphatic carbocycles. The Morgan fingerprint density at radius 2 is 1.94 bits per heavy atom. The Labute approximate surface area is 124 Å². The van der Waals surface area contributed by atoms with Gasteiger partial charge in [-0.2, -0.15) is 0 Å². The minimum atomic E-state index is 0.689. The fraction of sp³-hybridized carbons (Fsp3) is 0. The Bertz CT molecular complexity index is 612. The average Bonchev–Trinajstić information content (AvgIpc) is 2.32. The zero-order chi connectivity index (χ0) is 13.1. The van der Waals surface area contributed by atoms with E-state index in [1.54, 1.807) is 6.21 Å². The van der Waals surface area contributed by atoms with Gasteiger partial charge in [0.2, 0.25) is 0 Å². The van der Waals surface area contributed by atoms with E-state index in [1.807, 2.05) is 44.2 Å². The van der Waals surface area contributed by atoms with Crippen LogP contribution in [0.2, 0.25) is 0 Å². The number of hydrogen-bond acceptors (Lipinski definition) is 2. The van der Waals surface area contributed by atoms with Crippen molar-refractivity contribution in [1.82, 2.24) is 0 Å². The lowest BCUT2D eigenvalue weighted by Crippen LogP contribution is -1.99. The zero-order valence-electron chi connectivity index (χ0n) is 9.82. The lowest BCUT2D eigenvalue weighted by atomic mass is 9.96. The zero-order valence-corrected chi connectivity index (χ0v) is 13.0. The highest BCUT2D eigenvalue weighted by atomic mass is 79.9. The Morgan fingerprint density at radius 3 is 2.67 bits per heavy atom. The third-order valence-electron chi connectivity index (χ3n) is 2.48. The van der Waals surface area contributed by atoms with Crippen molar-refractivity contribution in [2.24, 2.45) is 4.99 Å². The number of nitrogen functional groups attached to an aromatic ring is 1. The molecule has 0 bridgehead atoms. The number of benzene rings is 2. The summed E-state index contributed by atoms with van der Waals surface area (Å²) in [6.07, 6.45) is 1.78. The van der Waals surface area contributed by atoms with Gasteiger partial charge in [-0.3, -0.25) is 4.99 Å². The third-order valence-corrected chi connectivity index (χ3v) is 3.59. The fourth-order valence-electron chi connectivity index (χ4n) is 1.56. The highest BCUT2D eigenvalue weighted by Gasteiger charge is 2.03. The summed E-state index contributed by atoms with van der Waals surface area (Å²) in [7, 11) is 2.04. The van der Waals surface area contributed by atoms with Gasteiger partial charge in [-0.25, -0.2) is 0 Å². The Morgan fingerprint density at radius 1 is 1.17 bits per heavy atom. The van der Waals surface area contributed by atoms with Crippen LogP contribution in [0.4, 0.5) is 11.4 Å². The predicted octanol–water partition coefficient (Wildman–Crippen LogP) is 2.80. The normalized spacial score (nSPS) is 11.0. The quantitative estimate of drug-likeness (QED) is 0.496. The molecule has 0 atom stereocenters. The van der Waals surface area contributed by atoms with Gasteiger partial charge in [0.05, 0.1) is 11.4 Å². The van der Waals surface area contributed by atoms with Crippen LogP contribution in [-0.2, 0) is 0 Å². The van der Waals surface area contributed by atoms with Gasteiger partial charge in [0.15, 0.2) is 0 Å². The van der Waals surface area contributed by atoms with Crippen LogP contribution in [0.3, 0.4) is 0 Å². The molecule has 0 spiro atoms. The smallest absolute Gasteiger partial charge is 0.139 e. The van der Waals surface area contributed by atoms with Gasteiger partial charge in [-0.15, -0.1) is 0 Å². The van der Waals surface area contributed by atoms with Crippen LogP contribution < -0.4 is 11.2 Å². The molecule has 5 heteroatoms. The van der Waals surface area contributed by atoms with Gasteiger partial charge >= 0.3 is 0 Å². The molecule has 0 amide bonds. The van der Waals surface area contributed by atoms with Crippen molar-refractivity contribution in [2.45, 2.75) is 0 Å². The number of nitrogens with zero attached hydrogens (tertiary/aromatic N) is 1. The number of anilines is 1. The SMILES string of the molecule is Bc1cccc(/N=C/c2cc(Br)cc(Br)c2N)c1. The van der Waals surface area contributed by atoms with Crippen LogP contribution in [0.15, 0.2) is 50.3 Å². The summed E-state index contributed by atoms with van der Waals surface area (Å²) >= 11 is 6.86. The summed E-state index contributed by atoms with van der Waals surface area (Å²) in [5.74, 6) is 0. The minimum Gasteiger partial charge on any atom is -0.397 e. The van der Waals surface area contributed by atoms with Crippen molar-refractivity contribution in [3.63, 3.8) is 0 Å². The summed E-state index contributed by atoms with van der Waals surface area (Å²) in [5.41, 5.74) is 9.67. The van der Waals surface area contributed by atoms with Crippen molar-refractivity contribution in [1.29, 1.82) is 0 Å². The first-order valence-electron chi connectivity index (χ1n) is 5.41. The number of halogens is 2. The van der Waals surface area contributed by atoms with E-state index in [-0.39, 0.29) is 0 Å². The fourth-order valence-corrected chi connectivity index (χ4v) is 2.82. The first kappa shape index (κ1) is 13.4. The molecule has 0 radical (unpaired) electrons. The van der Waals surface area contributed by atoms with Crippen LogP contribution >= 0.6 is 31.9 Å². The number of hydrogen-bond donors (Lipinski definition) is 1. The third kappa shape index (κ3) is 3.24. The standard InChI is InChI=1S/C13H11BBr2N2/c14-9-2-1-3-11(5-9)18-7-8-4-10(15)6-12(16)13(8)17/h1-7H,14,17H2/b18-7+. The summed E-state index contributed by atoms with van der Waals surface area (Å²) in [5, 5.41) is 0. The molecule has 0 aromatic heterocycles. The Kier molecular flexibility index (Phi) is 4.25. The number of aliphatic imine (C=N–C) groups is 1. The first-order chi connectivity index (χ1) is 8.56. The van der Waals surface area contributed by atoms with Crippen LogP contribution in [0.1, 0.15) is 5.56 Å². The lowest BCUT2D eigenvalue weighted by Gasteiger charge is -2.04. The van der Waals surface area contributed by atoms with E-state index in [2.05, 4.69) is 36.9 Å². The molecule has 0 fully saturated rings. The number of rotatable bonds is 2. The van der Waals surface area contributed by atoms with Crippen molar-refractivity contribution in [2.75, 3.05) is 5.73 Å². The molecule has 90 valence electrons. The molecule has 0 saturated carbocycles. The molecular formula is C13H11BBr2N2. The molecule has 2 N–H and O–H groups in total. The van der Waals surface area contributed by atoms with Gasteiger partial charge in [-0.1, -0.05) is 33.5 Å². The maximum atomic E-state index is 5.99. The molecule has 0 unspecified atom stereocenters. The molecule has 2 nitrogen and oxygen atoms in total. The first-order valence-corrected chi connectivity index (χ1v) is 7.00. The molecule has 18 heavy (non-hydrogen) atoms. The van der Waals surface area contributed by atoms with Gasteiger partial charge in [0.25, 0.3) is 0 Å². The summed E-state index contributed by atoms with van der Waals surface area (Å²) < 4.78 is 1.83. The van der Waals surface area contributed by atoms with E-state index in [9.17, 15) is 0 Å². The van der Waals surface area contributed by atoms with Gasteiger partial charge in [0.1, 0.15) is 7.85 Å². The minimum absolute atomic E-state index is 0.689. The lowest BCUT2D eigenvalue weighted by molar-refractivity contribution is 1.52. The van der Waals surface area contributed by atoms with Crippen LogP contribution in [0.5, 0.6) is 0 Å². The molecule has 2 aromatic carbocycles. The van der Waals surface area contributed by atoms with E-state index in [1.165, 1.54) is 5.46 Å². The maximum absolute atomic E-state index is 5.99. The van der Waals surface area contributed by atoms with Gasteiger partial charge < -0.3 is 5.73 Å². The van der Waals surface area contributed by atoms with E-state index in [4.69, 9.17) is 5.73 Å². The molecule has 0 aliphatic rings. The van der Waals surface area contributed by atoms with Crippen molar-refractivity contribution in [3.05, 3.63) is 50.9 Å². The Hall–Kier alpha value is -1.07. The summed E-state index contributed by atoms with van der Waals surface area (Å²) in [6.45, 7) is 0. The van der Waals surface area contributed by atoms with Crippen molar-refractivity contribution < 1.29 is 0 Å². The van der Waals surface area contributed by atoms with Crippen LogP contribution in [0.25, 0.3) is 0 Å². The van der Waals surface area contributed by atoms with Gasteiger partial charge in [-0.05, 0) is 40.2 Å². The maximum Gasteiger partial charge on any atom is 0.139 e. The second kappa shape index (κ2) is 5.72. The van der Waals surface area contributed by atoms with Crippen LogP contribution in [-0.4, -0.2) is 14.1 Å². The molecule has 2 rings (SSSR count). The van der Waals surface area contributed by atoms with E-state index in [0.29, 0.717) is 5.69 Å². The topological polar surface area (TPSA) is 38.4 Å². The van der Waals surface area contributed by atoms with Crippen molar-refractivity contribution >= 4 is 62.8 Å². The highest BCUT2D eigenvalue weighted by molar-refractivity contribution is 9.11. The summed E-state index contributed by atoms with van der Waals surface area (Å²) in [6, 6.07) is 11.9. The van der Waals surface area contributed by atoms with Crippen molar-refractivity contribution in [3.8, 4) is 0 Å². The highest BCUT2D eigenvalue weighted by Crippen LogP contribution is 2.27. The second-order valence-corrected chi connectivity index (χ2v) is 5.76. The van der Waals surface area contributed by atoms with E-state index in [0.717, 1.165) is 20.2 Å². The summed E-state index contributed by atoms with van der Waals surface area (Å²) in [4.78, 5) is 4.43. The van der Waals surface area contributed by atoms with Gasteiger partial charge in [0, 0.05) is 20.7 Å². The molecule has 0 saturated heterocycles. The molecular weight excluding hydrogens is 355 g/mol. The predicted molar refractivity (Wildman–Crippen MR) is 88.1 cm³/mol. The van der Waals surface area contributed by atoms with E-state index < -0.39 is 0 Å². The van der Waals surface area contributed by atoms with E-state index >= 15 is 0 Å². The average molecular weight is 366 g/mol. The monoisotopic (exact) mass is 364 g/mol. The second-order valence-electron chi connectivity index (χ2n) is 3.99. The number of nitrogens with two attached hydrogens (primary N) is 1. The largest absolute Gasteiger partial charge is 0.397 e.